The first-order valence-corrected chi connectivity index (χ1v) is 10.6. The number of thiophene rings is 1. The molecule has 3 rings (SSSR count). The van der Waals surface area contributed by atoms with E-state index >= 15 is 0 Å². The third-order valence-corrected chi connectivity index (χ3v) is 5.88. The third-order valence-electron chi connectivity index (χ3n) is 3.57. The lowest BCUT2D eigenvalue weighted by Crippen LogP contribution is -2.23. The van der Waals surface area contributed by atoms with E-state index in [9.17, 15) is 8.42 Å². The molecule has 7 heteroatoms. The number of aromatic nitrogens is 1. The highest BCUT2D eigenvalue weighted by atomic mass is 32.2. The molecule has 0 saturated heterocycles. The summed E-state index contributed by atoms with van der Waals surface area (Å²) in [6.45, 7) is 4.05. The van der Waals surface area contributed by atoms with Crippen molar-refractivity contribution in [2.24, 2.45) is 0 Å². The van der Waals surface area contributed by atoms with Crippen LogP contribution in [0.4, 0.5) is 0 Å². The normalized spacial score (nSPS) is 11.7. The van der Waals surface area contributed by atoms with Crippen LogP contribution in [0.15, 0.2) is 65.0 Å². The van der Waals surface area contributed by atoms with Gasteiger partial charge in [-0.3, -0.25) is 4.98 Å². The molecule has 2 aromatic heterocycles. The van der Waals surface area contributed by atoms with Crippen LogP contribution in [0, 0.1) is 0 Å². The van der Waals surface area contributed by atoms with Gasteiger partial charge >= 0.3 is 0 Å². The lowest BCUT2D eigenvalue weighted by Gasteiger charge is -2.11. The fourth-order valence-corrected chi connectivity index (χ4v) is 4.09. The molecule has 0 aliphatic rings. The zero-order chi connectivity index (χ0) is 18.6. The number of hydrogen-bond donors (Lipinski definition) is 1. The molecule has 5 nitrogen and oxygen atoms in total. The van der Waals surface area contributed by atoms with Gasteiger partial charge in [-0.1, -0.05) is 6.07 Å². The largest absolute Gasteiger partial charge is 0.491 e. The summed E-state index contributed by atoms with van der Waals surface area (Å²) in [5, 5.41) is 1.99. The van der Waals surface area contributed by atoms with Crippen molar-refractivity contribution < 1.29 is 13.2 Å². The molecule has 3 aromatic rings. The van der Waals surface area contributed by atoms with Crippen molar-refractivity contribution in [1.29, 1.82) is 0 Å². The summed E-state index contributed by atoms with van der Waals surface area (Å²) in [6, 6.07) is 14.1. The van der Waals surface area contributed by atoms with Crippen LogP contribution in [0.2, 0.25) is 0 Å². The highest BCUT2D eigenvalue weighted by Crippen LogP contribution is 2.23. The summed E-state index contributed by atoms with van der Waals surface area (Å²) in [6.07, 6.45) is 1.73. The Kier molecular flexibility index (Phi) is 5.70. The minimum atomic E-state index is -3.59. The van der Waals surface area contributed by atoms with Crippen molar-refractivity contribution in [3.63, 3.8) is 0 Å². The molecular formula is C19H20N2O3S2. The quantitative estimate of drug-likeness (QED) is 0.662. The van der Waals surface area contributed by atoms with Crippen molar-refractivity contribution in [2.45, 2.75) is 31.4 Å². The average Bonchev–Trinajstić information content (AvgIpc) is 3.15. The summed E-state index contributed by atoms with van der Waals surface area (Å²) in [4.78, 5) is 5.60. The van der Waals surface area contributed by atoms with E-state index < -0.39 is 10.0 Å². The van der Waals surface area contributed by atoms with Gasteiger partial charge in [0, 0.05) is 12.7 Å². The molecule has 0 amide bonds. The van der Waals surface area contributed by atoms with Crippen LogP contribution < -0.4 is 9.46 Å². The van der Waals surface area contributed by atoms with Crippen LogP contribution in [0.1, 0.15) is 19.4 Å². The summed E-state index contributed by atoms with van der Waals surface area (Å²) in [5.41, 5.74) is 1.69. The smallest absolute Gasteiger partial charge is 0.240 e. The number of rotatable bonds is 7. The molecular weight excluding hydrogens is 368 g/mol. The molecule has 1 N–H and O–H groups in total. The Morgan fingerprint density at radius 2 is 1.92 bits per heavy atom. The Bertz CT molecular complexity index is 951. The second-order valence-corrected chi connectivity index (χ2v) is 8.70. The third kappa shape index (κ3) is 4.69. The van der Waals surface area contributed by atoms with Crippen LogP contribution >= 0.6 is 11.3 Å². The summed E-state index contributed by atoms with van der Waals surface area (Å²) >= 11 is 1.60. The van der Waals surface area contributed by atoms with Gasteiger partial charge in [-0.15, -0.1) is 11.3 Å². The van der Waals surface area contributed by atoms with Crippen LogP contribution in [-0.2, 0) is 16.6 Å². The number of pyridine rings is 1. The number of nitrogens with one attached hydrogen (secondary N) is 1. The van der Waals surface area contributed by atoms with Gasteiger partial charge in [0.1, 0.15) is 5.75 Å². The highest BCUT2D eigenvalue weighted by molar-refractivity contribution is 7.89. The standard InChI is InChI=1S/C19H20N2O3S2/c1-14(2)24-16-5-7-17(8-6-16)26(22,23)21-13-15-9-10-20-18(12-15)19-4-3-11-25-19/h3-12,14,21H,13H2,1-2H3. The molecule has 1 aromatic carbocycles. The van der Waals surface area contributed by atoms with Gasteiger partial charge in [0.15, 0.2) is 0 Å². The molecule has 0 bridgehead atoms. The van der Waals surface area contributed by atoms with E-state index in [1.54, 1.807) is 47.9 Å². The van der Waals surface area contributed by atoms with E-state index in [0.717, 1.165) is 16.1 Å². The maximum atomic E-state index is 12.5. The molecule has 26 heavy (non-hydrogen) atoms. The Balaban J connectivity index is 1.69. The van der Waals surface area contributed by atoms with E-state index in [-0.39, 0.29) is 17.5 Å². The molecule has 2 heterocycles. The lowest BCUT2D eigenvalue weighted by atomic mass is 10.2. The number of nitrogens with zero attached hydrogens (tertiary/aromatic N) is 1. The van der Waals surface area contributed by atoms with E-state index in [2.05, 4.69) is 9.71 Å². The lowest BCUT2D eigenvalue weighted by molar-refractivity contribution is 0.242. The Hall–Kier alpha value is -2.22. The topological polar surface area (TPSA) is 68.3 Å². The van der Waals surface area contributed by atoms with Crippen molar-refractivity contribution in [1.82, 2.24) is 9.71 Å². The van der Waals surface area contributed by atoms with Crippen molar-refractivity contribution in [3.8, 4) is 16.3 Å². The van der Waals surface area contributed by atoms with E-state index in [0.29, 0.717) is 5.75 Å². The minimum Gasteiger partial charge on any atom is -0.491 e. The fourth-order valence-electron chi connectivity index (χ4n) is 2.37. The first-order chi connectivity index (χ1) is 12.4. The summed E-state index contributed by atoms with van der Waals surface area (Å²) in [7, 11) is -3.59. The van der Waals surface area contributed by atoms with Crippen LogP contribution in [0.25, 0.3) is 10.6 Å². The number of sulfonamides is 1. The molecule has 0 aliphatic heterocycles. The van der Waals surface area contributed by atoms with Gasteiger partial charge in [0.25, 0.3) is 0 Å². The molecule has 0 aliphatic carbocycles. The number of ether oxygens (including phenoxy) is 1. The second-order valence-electron chi connectivity index (χ2n) is 5.99. The predicted molar refractivity (Wildman–Crippen MR) is 104 cm³/mol. The molecule has 0 unspecified atom stereocenters. The molecule has 0 fully saturated rings. The maximum Gasteiger partial charge on any atom is 0.240 e. The predicted octanol–water partition coefficient (Wildman–Crippen LogP) is 4.08. The number of hydrogen-bond acceptors (Lipinski definition) is 5. The van der Waals surface area contributed by atoms with Crippen LogP contribution in [0.5, 0.6) is 5.75 Å². The monoisotopic (exact) mass is 388 g/mol. The molecule has 136 valence electrons. The fraction of sp³-hybridized carbons (Fsp3) is 0.211. The van der Waals surface area contributed by atoms with Gasteiger partial charge in [-0.2, -0.15) is 0 Å². The van der Waals surface area contributed by atoms with Crippen LogP contribution in [0.3, 0.4) is 0 Å². The van der Waals surface area contributed by atoms with Crippen molar-refractivity contribution in [2.75, 3.05) is 0 Å². The van der Waals surface area contributed by atoms with E-state index in [1.165, 1.54) is 0 Å². The first-order valence-electron chi connectivity index (χ1n) is 8.19. The SMILES string of the molecule is CC(C)Oc1ccc(S(=O)(=O)NCc2ccnc(-c3cccs3)c2)cc1. The van der Waals surface area contributed by atoms with E-state index in [1.807, 2.05) is 37.4 Å². The zero-order valence-corrected chi connectivity index (χ0v) is 16.2. The van der Waals surface area contributed by atoms with Gasteiger partial charge in [-0.05, 0) is 67.3 Å². The molecule has 0 radical (unpaired) electrons. The molecule has 0 spiro atoms. The first kappa shape index (κ1) is 18.6. The van der Waals surface area contributed by atoms with Gasteiger partial charge in [-0.25, -0.2) is 13.1 Å². The Morgan fingerprint density at radius 1 is 1.15 bits per heavy atom. The van der Waals surface area contributed by atoms with Gasteiger partial charge in [0.05, 0.1) is 21.6 Å². The second kappa shape index (κ2) is 7.99. The van der Waals surface area contributed by atoms with Crippen LogP contribution in [-0.4, -0.2) is 19.5 Å². The van der Waals surface area contributed by atoms with Gasteiger partial charge < -0.3 is 4.74 Å². The highest BCUT2D eigenvalue weighted by Gasteiger charge is 2.14. The number of benzene rings is 1. The summed E-state index contributed by atoms with van der Waals surface area (Å²) < 4.78 is 33.1. The maximum absolute atomic E-state index is 12.5. The van der Waals surface area contributed by atoms with Gasteiger partial charge in [0.2, 0.25) is 10.0 Å². The molecule has 0 atom stereocenters. The summed E-state index contributed by atoms with van der Waals surface area (Å²) in [5.74, 6) is 0.647. The zero-order valence-electron chi connectivity index (χ0n) is 14.5. The Morgan fingerprint density at radius 3 is 2.58 bits per heavy atom. The average molecular weight is 389 g/mol. The Labute approximate surface area is 157 Å². The van der Waals surface area contributed by atoms with Crippen molar-refractivity contribution >= 4 is 21.4 Å². The molecule has 0 saturated carbocycles. The van der Waals surface area contributed by atoms with E-state index in [4.69, 9.17) is 4.74 Å². The van der Waals surface area contributed by atoms with Crippen molar-refractivity contribution in [3.05, 3.63) is 65.7 Å². The minimum absolute atomic E-state index is 0.0415.